The third-order valence-electron chi connectivity index (χ3n) is 7.26. The molecule has 2 aromatic rings. The predicted octanol–water partition coefficient (Wildman–Crippen LogP) is 9.53. The lowest BCUT2D eigenvalue weighted by atomic mass is 9.94. The molecule has 4 nitrogen and oxygen atoms in total. The van der Waals surface area contributed by atoms with Gasteiger partial charge in [0.25, 0.3) is 0 Å². The van der Waals surface area contributed by atoms with E-state index in [1.165, 1.54) is 103 Å². The number of rotatable bonds is 20. The van der Waals surface area contributed by atoms with Crippen LogP contribution in [-0.4, -0.2) is 21.3 Å². The summed E-state index contributed by atoms with van der Waals surface area (Å²) in [6.45, 7) is 2.27. The average Bonchev–Trinajstić information content (AvgIpc) is 2.85. The predicted molar refractivity (Wildman–Crippen MR) is 147 cm³/mol. The lowest BCUT2D eigenvalue weighted by Gasteiger charge is -2.14. The standard InChI is InChI=1S/C31H48O4/c1-2-3-4-5-6-7-8-9-10-11-12-13-14-15-16-17-18-19-24-27-25-22-20-21-23-26(25)28(31(34)35)30(33)29(27)32/h20-23,32-33H,2-19,24H2,1H3,(H,34,35). The van der Waals surface area contributed by atoms with E-state index in [-0.39, 0.29) is 11.3 Å². The van der Waals surface area contributed by atoms with E-state index in [2.05, 4.69) is 6.92 Å². The summed E-state index contributed by atoms with van der Waals surface area (Å²) in [4.78, 5) is 11.6. The first kappa shape index (κ1) is 29.0. The Morgan fingerprint density at radius 1 is 0.600 bits per heavy atom. The van der Waals surface area contributed by atoms with E-state index in [0.29, 0.717) is 22.8 Å². The molecule has 0 atom stereocenters. The number of aromatic carboxylic acids is 1. The molecule has 2 rings (SSSR count). The summed E-state index contributed by atoms with van der Waals surface area (Å²) in [5.41, 5.74) is 0.430. The van der Waals surface area contributed by atoms with E-state index in [1.54, 1.807) is 12.1 Å². The van der Waals surface area contributed by atoms with Crippen LogP contribution in [0.5, 0.6) is 11.5 Å². The SMILES string of the molecule is CCCCCCCCCCCCCCCCCCCCc1c(O)c(O)c(C(=O)O)c2ccccc12. The van der Waals surface area contributed by atoms with Crippen molar-refractivity contribution in [2.24, 2.45) is 0 Å². The van der Waals surface area contributed by atoms with Crippen molar-refractivity contribution in [3.05, 3.63) is 35.4 Å². The number of carbonyl (C=O) groups is 1. The summed E-state index contributed by atoms with van der Waals surface area (Å²) in [5, 5.41) is 31.4. The molecule has 0 fully saturated rings. The minimum Gasteiger partial charge on any atom is -0.504 e. The maximum Gasteiger partial charge on any atom is 0.340 e. The number of benzene rings is 2. The summed E-state index contributed by atoms with van der Waals surface area (Å²) in [6.07, 6.45) is 24.5. The second kappa shape index (κ2) is 17.2. The Kier molecular flexibility index (Phi) is 14.3. The molecule has 0 unspecified atom stereocenters. The molecule has 0 aliphatic rings. The molecule has 0 spiro atoms. The van der Waals surface area contributed by atoms with Gasteiger partial charge in [0.1, 0.15) is 5.56 Å². The minimum absolute atomic E-state index is 0.223. The number of phenols is 2. The molecule has 0 amide bonds. The van der Waals surface area contributed by atoms with Crippen molar-refractivity contribution in [2.45, 2.75) is 129 Å². The molecule has 0 aromatic heterocycles. The van der Waals surface area contributed by atoms with Crippen LogP contribution in [0.25, 0.3) is 10.8 Å². The van der Waals surface area contributed by atoms with Crippen molar-refractivity contribution in [2.75, 3.05) is 0 Å². The van der Waals surface area contributed by atoms with Crippen LogP contribution in [0.2, 0.25) is 0 Å². The number of carboxylic acid groups (broad SMARTS) is 1. The first-order valence-electron chi connectivity index (χ1n) is 14.3. The van der Waals surface area contributed by atoms with Gasteiger partial charge in [-0.25, -0.2) is 4.79 Å². The van der Waals surface area contributed by atoms with Crippen LogP contribution in [0.15, 0.2) is 24.3 Å². The van der Waals surface area contributed by atoms with Gasteiger partial charge in [0.15, 0.2) is 11.5 Å². The van der Waals surface area contributed by atoms with E-state index in [0.717, 1.165) is 12.8 Å². The van der Waals surface area contributed by atoms with Gasteiger partial charge in [-0.05, 0) is 18.2 Å². The van der Waals surface area contributed by atoms with Gasteiger partial charge >= 0.3 is 5.97 Å². The van der Waals surface area contributed by atoms with Crippen LogP contribution in [0.4, 0.5) is 0 Å². The Bertz CT molecular complexity index is 874. The van der Waals surface area contributed by atoms with Crippen molar-refractivity contribution >= 4 is 16.7 Å². The van der Waals surface area contributed by atoms with Crippen molar-refractivity contribution in [1.82, 2.24) is 0 Å². The van der Waals surface area contributed by atoms with Crippen LogP contribution >= 0.6 is 0 Å². The van der Waals surface area contributed by atoms with Crippen molar-refractivity contribution < 1.29 is 20.1 Å². The van der Waals surface area contributed by atoms with Crippen LogP contribution in [-0.2, 0) is 6.42 Å². The third kappa shape index (κ3) is 10.1. The molecule has 0 aliphatic heterocycles. The number of unbranched alkanes of at least 4 members (excludes halogenated alkanes) is 17. The van der Waals surface area contributed by atoms with E-state index < -0.39 is 11.7 Å². The number of phenolic OH excluding ortho intramolecular Hbond substituents is 1. The molecule has 35 heavy (non-hydrogen) atoms. The van der Waals surface area contributed by atoms with Gasteiger partial charge in [-0.2, -0.15) is 0 Å². The summed E-state index contributed by atoms with van der Waals surface area (Å²) >= 11 is 0. The van der Waals surface area contributed by atoms with Crippen LogP contribution in [0, 0.1) is 0 Å². The summed E-state index contributed by atoms with van der Waals surface area (Å²) in [7, 11) is 0. The van der Waals surface area contributed by atoms with Crippen LogP contribution in [0.1, 0.15) is 138 Å². The molecular formula is C31H48O4. The smallest absolute Gasteiger partial charge is 0.340 e. The van der Waals surface area contributed by atoms with Crippen molar-refractivity contribution in [3.63, 3.8) is 0 Å². The topological polar surface area (TPSA) is 77.8 Å². The second-order valence-electron chi connectivity index (χ2n) is 10.2. The minimum atomic E-state index is -1.23. The summed E-state index contributed by atoms with van der Waals surface area (Å²) < 4.78 is 0. The Balaban J connectivity index is 1.53. The number of aryl methyl sites for hydroxylation is 1. The van der Waals surface area contributed by atoms with Crippen molar-refractivity contribution in [1.29, 1.82) is 0 Å². The summed E-state index contributed by atoms with van der Waals surface area (Å²) in [6, 6.07) is 7.11. The van der Waals surface area contributed by atoms with Gasteiger partial charge in [0.05, 0.1) is 0 Å². The molecule has 0 aliphatic carbocycles. The van der Waals surface area contributed by atoms with E-state index in [9.17, 15) is 20.1 Å². The maximum absolute atomic E-state index is 11.6. The fourth-order valence-electron chi connectivity index (χ4n) is 5.15. The highest BCUT2D eigenvalue weighted by molar-refractivity contribution is 6.08. The zero-order chi connectivity index (χ0) is 25.3. The van der Waals surface area contributed by atoms with Gasteiger partial charge < -0.3 is 15.3 Å². The number of carboxylic acids is 1. The molecule has 2 aromatic carbocycles. The van der Waals surface area contributed by atoms with Gasteiger partial charge in [-0.1, -0.05) is 140 Å². The number of hydrogen-bond acceptors (Lipinski definition) is 3. The zero-order valence-electron chi connectivity index (χ0n) is 22.0. The Morgan fingerprint density at radius 3 is 1.43 bits per heavy atom. The summed E-state index contributed by atoms with van der Waals surface area (Å²) in [5.74, 6) is -2.03. The van der Waals surface area contributed by atoms with Crippen LogP contribution in [0.3, 0.4) is 0 Å². The van der Waals surface area contributed by atoms with Gasteiger partial charge in [-0.15, -0.1) is 0 Å². The number of fused-ring (bicyclic) bond motifs is 1. The Labute approximate surface area is 212 Å². The highest BCUT2D eigenvalue weighted by atomic mass is 16.4. The maximum atomic E-state index is 11.6. The van der Waals surface area contributed by atoms with E-state index >= 15 is 0 Å². The highest BCUT2D eigenvalue weighted by Crippen LogP contribution is 2.41. The lowest BCUT2D eigenvalue weighted by Crippen LogP contribution is -2.01. The van der Waals surface area contributed by atoms with Crippen molar-refractivity contribution in [3.8, 4) is 11.5 Å². The molecule has 3 N–H and O–H groups in total. The molecule has 0 saturated heterocycles. The van der Waals surface area contributed by atoms with Crippen LogP contribution < -0.4 is 0 Å². The molecule has 0 saturated carbocycles. The molecule has 0 heterocycles. The average molecular weight is 485 g/mol. The monoisotopic (exact) mass is 484 g/mol. The molecular weight excluding hydrogens is 436 g/mol. The normalized spacial score (nSPS) is 11.3. The zero-order valence-corrected chi connectivity index (χ0v) is 22.0. The fraction of sp³-hybridized carbons (Fsp3) is 0.645. The molecule has 4 heteroatoms. The van der Waals surface area contributed by atoms with Gasteiger partial charge in [0, 0.05) is 10.9 Å². The molecule has 0 bridgehead atoms. The fourth-order valence-corrected chi connectivity index (χ4v) is 5.15. The molecule has 0 radical (unpaired) electrons. The van der Waals surface area contributed by atoms with Gasteiger partial charge in [0.2, 0.25) is 0 Å². The number of hydrogen-bond donors (Lipinski definition) is 3. The first-order valence-corrected chi connectivity index (χ1v) is 14.3. The van der Waals surface area contributed by atoms with Gasteiger partial charge in [-0.3, -0.25) is 0 Å². The Hall–Kier alpha value is -2.23. The Morgan fingerprint density at radius 2 is 1.00 bits per heavy atom. The number of aromatic hydroxyl groups is 2. The molecule has 196 valence electrons. The van der Waals surface area contributed by atoms with E-state index in [1.807, 2.05) is 12.1 Å². The van der Waals surface area contributed by atoms with E-state index in [4.69, 9.17) is 0 Å². The quantitative estimate of drug-likeness (QED) is 0.129. The second-order valence-corrected chi connectivity index (χ2v) is 10.2. The lowest BCUT2D eigenvalue weighted by molar-refractivity contribution is 0.0695. The largest absolute Gasteiger partial charge is 0.504 e. The highest BCUT2D eigenvalue weighted by Gasteiger charge is 2.22. The third-order valence-corrected chi connectivity index (χ3v) is 7.26. The first-order chi connectivity index (χ1) is 17.1.